The molecular weight excluding hydrogens is 273 g/mol. The average molecular weight is 286 g/mol. The molecule has 0 fully saturated rings. The number of nitrogens with two attached hydrogens (primary N) is 1. The summed E-state index contributed by atoms with van der Waals surface area (Å²) < 4.78 is 38.5. The Morgan fingerprint density at radius 3 is 2.58 bits per heavy atom. The Balaban J connectivity index is 2.28. The quantitative estimate of drug-likeness (QED) is 0.932. The van der Waals surface area contributed by atoms with Crippen LogP contribution in [0.3, 0.4) is 0 Å². The van der Waals surface area contributed by atoms with Crippen molar-refractivity contribution in [2.45, 2.75) is 25.6 Å². The average Bonchev–Trinajstić information content (AvgIpc) is 2.77. The van der Waals surface area contributed by atoms with Crippen molar-refractivity contribution in [1.82, 2.24) is 4.98 Å². The summed E-state index contributed by atoms with van der Waals surface area (Å²) in [5.74, 6) is 0. The molecular formula is C13H13F3N2S. The number of halogens is 3. The highest BCUT2D eigenvalue weighted by molar-refractivity contribution is 7.09. The second kappa shape index (κ2) is 5.30. The maximum absolute atomic E-state index is 12.8. The SMILES string of the molecule is CC(N)c1csc(Cc2ccccc2C(F)(F)F)n1. The summed E-state index contributed by atoms with van der Waals surface area (Å²) in [5.41, 5.74) is 6.03. The van der Waals surface area contributed by atoms with Gasteiger partial charge in [-0.3, -0.25) is 0 Å². The molecule has 0 saturated heterocycles. The van der Waals surface area contributed by atoms with Gasteiger partial charge in [0.1, 0.15) is 0 Å². The van der Waals surface area contributed by atoms with Crippen LogP contribution in [0.15, 0.2) is 29.6 Å². The minimum atomic E-state index is -4.34. The highest BCUT2D eigenvalue weighted by Gasteiger charge is 2.32. The number of hydrogen-bond donors (Lipinski definition) is 1. The molecule has 1 aromatic carbocycles. The van der Waals surface area contributed by atoms with Crippen LogP contribution >= 0.6 is 11.3 Å². The lowest BCUT2D eigenvalue weighted by Crippen LogP contribution is -2.09. The first-order valence-corrected chi connectivity index (χ1v) is 6.61. The van der Waals surface area contributed by atoms with Crippen LogP contribution in [0.2, 0.25) is 0 Å². The molecule has 0 amide bonds. The highest BCUT2D eigenvalue weighted by Crippen LogP contribution is 2.33. The predicted octanol–water partition coefficient (Wildman–Crippen LogP) is 3.77. The zero-order valence-corrected chi connectivity index (χ0v) is 11.1. The lowest BCUT2D eigenvalue weighted by atomic mass is 10.0. The van der Waals surface area contributed by atoms with E-state index in [1.807, 2.05) is 0 Å². The van der Waals surface area contributed by atoms with E-state index in [4.69, 9.17) is 5.73 Å². The van der Waals surface area contributed by atoms with Gasteiger partial charge in [-0.05, 0) is 18.6 Å². The van der Waals surface area contributed by atoms with Crippen LogP contribution in [0.4, 0.5) is 13.2 Å². The van der Waals surface area contributed by atoms with E-state index < -0.39 is 11.7 Å². The van der Waals surface area contributed by atoms with Crippen LogP contribution in [-0.4, -0.2) is 4.98 Å². The monoisotopic (exact) mass is 286 g/mol. The van der Waals surface area contributed by atoms with Gasteiger partial charge >= 0.3 is 6.18 Å². The molecule has 0 bridgehead atoms. The molecule has 19 heavy (non-hydrogen) atoms. The van der Waals surface area contributed by atoms with Crippen LogP contribution in [0.25, 0.3) is 0 Å². The summed E-state index contributed by atoms with van der Waals surface area (Å²) in [6.07, 6.45) is -4.16. The molecule has 1 atom stereocenters. The van der Waals surface area contributed by atoms with E-state index in [0.717, 1.165) is 6.07 Å². The number of rotatable bonds is 3. The van der Waals surface area contributed by atoms with E-state index in [0.29, 0.717) is 10.7 Å². The first-order valence-electron chi connectivity index (χ1n) is 5.73. The Morgan fingerprint density at radius 2 is 2.00 bits per heavy atom. The lowest BCUT2D eigenvalue weighted by Gasteiger charge is -2.11. The fourth-order valence-electron chi connectivity index (χ4n) is 1.73. The molecule has 1 unspecified atom stereocenters. The summed E-state index contributed by atoms with van der Waals surface area (Å²) in [4.78, 5) is 4.25. The van der Waals surface area contributed by atoms with Crippen molar-refractivity contribution in [1.29, 1.82) is 0 Å². The van der Waals surface area contributed by atoms with Gasteiger partial charge in [0.25, 0.3) is 0 Å². The highest BCUT2D eigenvalue weighted by atomic mass is 32.1. The van der Waals surface area contributed by atoms with Crippen molar-refractivity contribution in [3.05, 3.63) is 51.5 Å². The first-order chi connectivity index (χ1) is 8.88. The fraction of sp³-hybridized carbons (Fsp3) is 0.308. The number of hydrogen-bond acceptors (Lipinski definition) is 3. The summed E-state index contributed by atoms with van der Waals surface area (Å²) in [6.45, 7) is 1.79. The van der Waals surface area contributed by atoms with Crippen LogP contribution in [-0.2, 0) is 12.6 Å². The minimum Gasteiger partial charge on any atom is -0.323 e. The van der Waals surface area contributed by atoms with E-state index >= 15 is 0 Å². The molecule has 2 rings (SSSR count). The Kier molecular flexibility index (Phi) is 3.91. The molecule has 0 radical (unpaired) electrons. The smallest absolute Gasteiger partial charge is 0.323 e. The molecule has 2 aromatic rings. The molecule has 0 aliphatic heterocycles. The molecule has 102 valence electrons. The van der Waals surface area contributed by atoms with Gasteiger partial charge in [-0.2, -0.15) is 13.2 Å². The van der Waals surface area contributed by atoms with Crippen LogP contribution in [0.1, 0.15) is 34.8 Å². The fourth-order valence-corrected chi connectivity index (χ4v) is 2.65. The van der Waals surface area contributed by atoms with Gasteiger partial charge in [-0.25, -0.2) is 4.98 Å². The van der Waals surface area contributed by atoms with Crippen molar-refractivity contribution in [3.63, 3.8) is 0 Å². The maximum atomic E-state index is 12.8. The molecule has 1 aromatic heterocycles. The lowest BCUT2D eigenvalue weighted by molar-refractivity contribution is -0.138. The Morgan fingerprint density at radius 1 is 1.32 bits per heavy atom. The summed E-state index contributed by atoms with van der Waals surface area (Å²) in [7, 11) is 0. The van der Waals surface area contributed by atoms with Gasteiger partial charge < -0.3 is 5.73 Å². The number of aromatic nitrogens is 1. The molecule has 1 heterocycles. The van der Waals surface area contributed by atoms with E-state index in [-0.39, 0.29) is 18.0 Å². The van der Waals surface area contributed by atoms with Crippen molar-refractivity contribution in [3.8, 4) is 0 Å². The Labute approximate surface area is 113 Å². The second-order valence-corrected chi connectivity index (χ2v) is 5.23. The topological polar surface area (TPSA) is 38.9 Å². The number of alkyl halides is 3. The summed E-state index contributed by atoms with van der Waals surface area (Å²) >= 11 is 1.33. The standard InChI is InChI=1S/C13H13F3N2S/c1-8(17)11-7-19-12(18-11)6-9-4-2-3-5-10(9)13(14,15)16/h2-5,7-8H,6,17H2,1H3. The summed E-state index contributed by atoms with van der Waals surface area (Å²) in [6, 6.07) is 5.36. The van der Waals surface area contributed by atoms with Crippen molar-refractivity contribution < 1.29 is 13.2 Å². The molecule has 0 saturated carbocycles. The molecule has 6 heteroatoms. The largest absolute Gasteiger partial charge is 0.416 e. The van der Waals surface area contributed by atoms with Crippen molar-refractivity contribution >= 4 is 11.3 Å². The Hall–Kier alpha value is -1.40. The van der Waals surface area contributed by atoms with Gasteiger partial charge in [-0.1, -0.05) is 18.2 Å². The van der Waals surface area contributed by atoms with E-state index in [1.54, 1.807) is 18.4 Å². The maximum Gasteiger partial charge on any atom is 0.416 e. The van der Waals surface area contributed by atoms with Gasteiger partial charge in [0, 0.05) is 17.8 Å². The van der Waals surface area contributed by atoms with Crippen LogP contribution in [0.5, 0.6) is 0 Å². The normalized spacial score (nSPS) is 13.5. The predicted molar refractivity (Wildman–Crippen MR) is 69.0 cm³/mol. The van der Waals surface area contributed by atoms with Crippen molar-refractivity contribution in [2.24, 2.45) is 5.73 Å². The summed E-state index contributed by atoms with van der Waals surface area (Å²) in [5, 5.41) is 2.43. The molecule has 0 aliphatic carbocycles. The zero-order valence-electron chi connectivity index (χ0n) is 10.2. The van der Waals surface area contributed by atoms with Gasteiger partial charge in [0.2, 0.25) is 0 Å². The van der Waals surface area contributed by atoms with Gasteiger partial charge in [0.05, 0.1) is 16.3 Å². The third-order valence-electron chi connectivity index (χ3n) is 2.70. The molecule has 0 spiro atoms. The molecule has 2 N–H and O–H groups in total. The number of benzene rings is 1. The molecule has 2 nitrogen and oxygen atoms in total. The van der Waals surface area contributed by atoms with E-state index in [2.05, 4.69) is 4.98 Å². The first kappa shape index (κ1) is 14.0. The zero-order chi connectivity index (χ0) is 14.0. The molecule has 0 aliphatic rings. The van der Waals surface area contributed by atoms with Crippen LogP contribution in [0, 0.1) is 0 Å². The third kappa shape index (κ3) is 3.33. The van der Waals surface area contributed by atoms with E-state index in [9.17, 15) is 13.2 Å². The third-order valence-corrected chi connectivity index (χ3v) is 3.57. The van der Waals surface area contributed by atoms with Crippen LogP contribution < -0.4 is 5.73 Å². The number of thiazole rings is 1. The van der Waals surface area contributed by atoms with Gasteiger partial charge in [-0.15, -0.1) is 11.3 Å². The minimum absolute atomic E-state index is 0.174. The van der Waals surface area contributed by atoms with Crippen molar-refractivity contribution in [2.75, 3.05) is 0 Å². The Bertz CT molecular complexity index is 561. The van der Waals surface area contributed by atoms with E-state index in [1.165, 1.54) is 23.5 Å². The second-order valence-electron chi connectivity index (χ2n) is 4.29. The van der Waals surface area contributed by atoms with Gasteiger partial charge in [0.15, 0.2) is 0 Å². The number of nitrogens with zero attached hydrogens (tertiary/aromatic N) is 1.